The van der Waals surface area contributed by atoms with Crippen LogP contribution in [-0.2, 0) is 6.54 Å². The Morgan fingerprint density at radius 1 is 1.00 bits per heavy atom. The fraction of sp³-hybridized carbons (Fsp3) is 0.455. The Hall–Kier alpha value is -1.07. The normalized spacial score (nSPS) is 17.7. The van der Waals surface area contributed by atoms with E-state index in [1.807, 2.05) is 4.90 Å². The predicted molar refractivity (Wildman–Crippen MR) is 53.5 cm³/mol. The van der Waals surface area contributed by atoms with E-state index < -0.39 is 17.5 Å². The highest BCUT2D eigenvalue weighted by atomic mass is 19.2. The van der Waals surface area contributed by atoms with Crippen molar-refractivity contribution in [3.05, 3.63) is 35.1 Å². The van der Waals surface area contributed by atoms with Crippen LogP contribution < -0.4 is 5.32 Å². The molecule has 1 heterocycles. The maximum Gasteiger partial charge on any atom is 0.161 e. The van der Waals surface area contributed by atoms with Crippen molar-refractivity contribution in [3.63, 3.8) is 0 Å². The minimum atomic E-state index is -1.14. The summed E-state index contributed by atoms with van der Waals surface area (Å²) in [6.07, 6.45) is 0. The maximum absolute atomic E-state index is 13.3. The minimum Gasteiger partial charge on any atom is -0.296 e. The van der Waals surface area contributed by atoms with Crippen molar-refractivity contribution in [2.75, 3.05) is 26.2 Å². The third-order valence-electron chi connectivity index (χ3n) is 2.63. The van der Waals surface area contributed by atoms with E-state index >= 15 is 0 Å². The Morgan fingerprint density at radius 2 is 1.62 bits per heavy atom. The predicted octanol–water partition coefficient (Wildman–Crippen LogP) is 1.52. The Kier molecular flexibility index (Phi) is 3.46. The quantitative estimate of drug-likeness (QED) is 0.703. The summed E-state index contributed by atoms with van der Waals surface area (Å²) in [5.41, 5.74) is 0.195. The smallest absolute Gasteiger partial charge is 0.161 e. The number of piperazine rings is 1. The van der Waals surface area contributed by atoms with Gasteiger partial charge in [0.25, 0.3) is 0 Å². The number of nitrogens with zero attached hydrogens (tertiary/aromatic N) is 2. The van der Waals surface area contributed by atoms with Gasteiger partial charge in [-0.25, -0.2) is 18.5 Å². The fourth-order valence-electron chi connectivity index (χ4n) is 1.73. The van der Waals surface area contributed by atoms with E-state index in [1.165, 1.54) is 0 Å². The Balaban J connectivity index is 2.11. The van der Waals surface area contributed by atoms with Crippen molar-refractivity contribution in [1.82, 2.24) is 10.2 Å². The molecule has 87 valence electrons. The van der Waals surface area contributed by atoms with Gasteiger partial charge in [0.05, 0.1) is 0 Å². The molecule has 0 aromatic heterocycles. The van der Waals surface area contributed by atoms with Gasteiger partial charge >= 0.3 is 0 Å². The number of hydrogen-bond donors (Lipinski definition) is 0. The summed E-state index contributed by atoms with van der Waals surface area (Å²) in [5.74, 6) is -2.84. The van der Waals surface area contributed by atoms with Gasteiger partial charge in [0.1, 0.15) is 5.82 Å². The van der Waals surface area contributed by atoms with Gasteiger partial charge in [-0.2, -0.15) is 0 Å². The molecule has 2 rings (SSSR count). The summed E-state index contributed by atoms with van der Waals surface area (Å²) in [6, 6.07) is 1.52. The highest BCUT2D eigenvalue weighted by Crippen LogP contribution is 2.15. The van der Waals surface area contributed by atoms with Crippen LogP contribution in [0.25, 0.3) is 0 Å². The van der Waals surface area contributed by atoms with E-state index in [0.29, 0.717) is 25.7 Å². The molecule has 1 aliphatic rings. The van der Waals surface area contributed by atoms with E-state index in [2.05, 4.69) is 5.32 Å². The number of halogens is 3. The molecular formula is C11H12F3N2. The second-order valence-electron chi connectivity index (χ2n) is 3.80. The van der Waals surface area contributed by atoms with Crippen molar-refractivity contribution in [2.45, 2.75) is 6.54 Å². The zero-order valence-corrected chi connectivity index (χ0v) is 8.72. The zero-order valence-electron chi connectivity index (χ0n) is 8.72. The van der Waals surface area contributed by atoms with E-state index in [-0.39, 0.29) is 5.56 Å². The molecule has 1 saturated heterocycles. The fourth-order valence-corrected chi connectivity index (χ4v) is 1.73. The van der Waals surface area contributed by atoms with Crippen LogP contribution >= 0.6 is 0 Å². The van der Waals surface area contributed by atoms with Gasteiger partial charge in [-0.1, -0.05) is 0 Å². The van der Waals surface area contributed by atoms with Crippen molar-refractivity contribution < 1.29 is 13.2 Å². The van der Waals surface area contributed by atoms with Gasteiger partial charge in [-0.15, -0.1) is 0 Å². The molecule has 0 spiro atoms. The number of rotatable bonds is 2. The number of hydrogen-bond acceptors (Lipinski definition) is 1. The lowest BCUT2D eigenvalue weighted by molar-refractivity contribution is 0.227. The molecule has 0 N–H and O–H groups in total. The molecule has 1 radical (unpaired) electrons. The third kappa shape index (κ3) is 2.54. The van der Waals surface area contributed by atoms with Crippen LogP contribution in [-0.4, -0.2) is 31.1 Å². The van der Waals surface area contributed by atoms with Crippen LogP contribution in [0.15, 0.2) is 12.1 Å². The van der Waals surface area contributed by atoms with Gasteiger partial charge in [0, 0.05) is 44.4 Å². The van der Waals surface area contributed by atoms with Gasteiger partial charge in [-0.05, 0) is 6.07 Å². The van der Waals surface area contributed by atoms with Gasteiger partial charge in [0.15, 0.2) is 11.6 Å². The molecule has 0 aliphatic carbocycles. The van der Waals surface area contributed by atoms with Crippen molar-refractivity contribution in [1.29, 1.82) is 0 Å². The molecule has 1 aliphatic heterocycles. The van der Waals surface area contributed by atoms with Gasteiger partial charge in [0.2, 0.25) is 0 Å². The second kappa shape index (κ2) is 4.84. The largest absolute Gasteiger partial charge is 0.296 e. The van der Waals surface area contributed by atoms with E-state index in [9.17, 15) is 13.2 Å². The molecule has 16 heavy (non-hydrogen) atoms. The minimum absolute atomic E-state index is 0.195. The lowest BCUT2D eigenvalue weighted by Gasteiger charge is -2.26. The van der Waals surface area contributed by atoms with Crippen LogP contribution in [0.1, 0.15) is 5.56 Å². The first kappa shape index (κ1) is 11.4. The van der Waals surface area contributed by atoms with Gasteiger partial charge in [-0.3, -0.25) is 4.90 Å². The second-order valence-corrected chi connectivity index (χ2v) is 3.80. The first-order chi connectivity index (χ1) is 7.66. The molecule has 5 heteroatoms. The summed E-state index contributed by atoms with van der Waals surface area (Å²) in [5, 5.41) is 4.15. The summed E-state index contributed by atoms with van der Waals surface area (Å²) < 4.78 is 39.0. The average molecular weight is 229 g/mol. The lowest BCUT2D eigenvalue weighted by atomic mass is 10.1. The summed E-state index contributed by atoms with van der Waals surface area (Å²) in [6.45, 7) is 3.20. The molecular weight excluding hydrogens is 217 g/mol. The van der Waals surface area contributed by atoms with Crippen molar-refractivity contribution in [2.24, 2.45) is 0 Å². The topological polar surface area (TPSA) is 17.3 Å². The lowest BCUT2D eigenvalue weighted by Crippen LogP contribution is -2.39. The standard InChI is InChI=1S/C11H12F3N2/c12-9-6-11(14)10(13)5-8(9)7-16-3-1-15-2-4-16/h5-6H,1-4,7H2. The molecule has 0 amide bonds. The Bertz CT molecular complexity index is 376. The first-order valence-corrected chi connectivity index (χ1v) is 5.16. The molecule has 0 saturated carbocycles. The van der Waals surface area contributed by atoms with Crippen LogP contribution in [0, 0.1) is 17.5 Å². The van der Waals surface area contributed by atoms with Crippen molar-refractivity contribution in [3.8, 4) is 0 Å². The van der Waals surface area contributed by atoms with E-state index in [1.54, 1.807) is 0 Å². The van der Waals surface area contributed by atoms with Gasteiger partial charge < -0.3 is 0 Å². The number of benzene rings is 1. The Labute approximate surface area is 92.1 Å². The summed E-state index contributed by atoms with van der Waals surface area (Å²) in [4.78, 5) is 1.97. The van der Waals surface area contributed by atoms with E-state index in [4.69, 9.17) is 0 Å². The highest BCUT2D eigenvalue weighted by molar-refractivity contribution is 5.20. The molecule has 0 bridgehead atoms. The molecule has 1 fully saturated rings. The molecule has 1 aromatic carbocycles. The monoisotopic (exact) mass is 229 g/mol. The third-order valence-corrected chi connectivity index (χ3v) is 2.63. The summed E-state index contributed by atoms with van der Waals surface area (Å²) in [7, 11) is 0. The average Bonchev–Trinajstić information content (AvgIpc) is 2.27. The van der Waals surface area contributed by atoms with Crippen molar-refractivity contribution >= 4 is 0 Å². The SMILES string of the molecule is Fc1cc(F)c(CN2CC[N]CC2)cc1F. The molecule has 2 nitrogen and oxygen atoms in total. The highest BCUT2D eigenvalue weighted by Gasteiger charge is 2.15. The van der Waals surface area contributed by atoms with Crippen LogP contribution in [0.3, 0.4) is 0 Å². The molecule has 0 atom stereocenters. The van der Waals surface area contributed by atoms with Crippen LogP contribution in [0.4, 0.5) is 13.2 Å². The Morgan fingerprint density at radius 3 is 2.31 bits per heavy atom. The summed E-state index contributed by atoms with van der Waals surface area (Å²) >= 11 is 0. The van der Waals surface area contributed by atoms with Crippen LogP contribution in [0.2, 0.25) is 0 Å². The maximum atomic E-state index is 13.3. The van der Waals surface area contributed by atoms with E-state index in [0.717, 1.165) is 19.2 Å². The first-order valence-electron chi connectivity index (χ1n) is 5.16. The molecule has 1 aromatic rings. The zero-order chi connectivity index (χ0) is 11.5. The van der Waals surface area contributed by atoms with Crippen LogP contribution in [0.5, 0.6) is 0 Å². The molecule has 0 unspecified atom stereocenters.